The van der Waals surface area contributed by atoms with Crippen LogP contribution in [-0.2, 0) is 19.9 Å². The maximum Gasteiger partial charge on any atom is 0.250 e. The van der Waals surface area contributed by atoms with Gasteiger partial charge in [0.2, 0.25) is 17.7 Å². The molecule has 34 heavy (non-hydrogen) atoms. The molecular formula is C28H25N3O3. The van der Waals surface area contributed by atoms with Crippen LogP contribution in [0, 0.1) is 25.7 Å². The summed E-state index contributed by atoms with van der Waals surface area (Å²) in [6.07, 6.45) is 1.74. The van der Waals surface area contributed by atoms with Gasteiger partial charge in [-0.1, -0.05) is 42.5 Å². The van der Waals surface area contributed by atoms with Gasteiger partial charge in [-0.05, 0) is 67.3 Å². The number of nitrogens with zero attached hydrogens (tertiary/aromatic N) is 2. The first-order valence-electron chi connectivity index (χ1n) is 12.0. The zero-order chi connectivity index (χ0) is 23.4. The monoisotopic (exact) mass is 451 g/mol. The molecule has 0 radical (unpaired) electrons. The molecule has 3 saturated heterocycles. The number of anilines is 2. The number of amides is 3. The molecule has 4 aliphatic rings. The minimum atomic E-state index is -1.13. The quantitative estimate of drug-likeness (QED) is 0.570. The normalized spacial score (nSPS) is 29.8. The van der Waals surface area contributed by atoms with E-state index in [4.69, 9.17) is 0 Å². The van der Waals surface area contributed by atoms with E-state index in [9.17, 15) is 14.4 Å². The smallest absolute Gasteiger partial charge is 0.250 e. The molecule has 4 aliphatic heterocycles. The van der Waals surface area contributed by atoms with E-state index >= 15 is 0 Å². The van der Waals surface area contributed by atoms with Crippen LogP contribution in [0.5, 0.6) is 0 Å². The minimum absolute atomic E-state index is 0.106. The van der Waals surface area contributed by atoms with Gasteiger partial charge in [0.15, 0.2) is 0 Å². The van der Waals surface area contributed by atoms with Crippen molar-refractivity contribution in [1.29, 1.82) is 0 Å². The number of imide groups is 1. The molecule has 6 nitrogen and oxygen atoms in total. The van der Waals surface area contributed by atoms with Crippen LogP contribution in [0.2, 0.25) is 0 Å². The first-order chi connectivity index (χ1) is 16.4. The molecule has 7 rings (SSSR count). The number of hydrogen-bond donors (Lipinski definition) is 1. The van der Waals surface area contributed by atoms with Crippen molar-refractivity contribution < 1.29 is 14.4 Å². The van der Waals surface area contributed by atoms with E-state index < -0.39 is 17.4 Å². The molecule has 0 unspecified atom stereocenters. The lowest BCUT2D eigenvalue weighted by molar-refractivity contribution is -0.135. The van der Waals surface area contributed by atoms with Crippen molar-refractivity contribution in [3.05, 3.63) is 71.3 Å². The van der Waals surface area contributed by atoms with Gasteiger partial charge >= 0.3 is 0 Å². The van der Waals surface area contributed by atoms with E-state index in [1.807, 2.05) is 68.4 Å². The third kappa shape index (κ3) is 2.18. The highest BCUT2D eigenvalue weighted by molar-refractivity contribution is 6.26. The third-order valence-electron chi connectivity index (χ3n) is 8.69. The standard InChI is InChI=1S/C28H25N3O3/c1-15-9-12-20-24(16(15)2)29-27(34)28(20)23-22(21-8-5-13-30(21)28)25(32)31(26(23)33)19-11-10-17-6-3-4-7-18(17)14-19/h3-4,6-7,9-12,14,21-23H,5,8,13H2,1-2H3,(H,29,34)/t21-,22-,23+,28+/m1/s1. The van der Waals surface area contributed by atoms with Crippen molar-refractivity contribution in [1.82, 2.24) is 4.90 Å². The summed E-state index contributed by atoms with van der Waals surface area (Å²) in [6.45, 7) is 4.74. The van der Waals surface area contributed by atoms with E-state index in [0.717, 1.165) is 46.0 Å². The van der Waals surface area contributed by atoms with Gasteiger partial charge in [-0.3, -0.25) is 19.3 Å². The summed E-state index contributed by atoms with van der Waals surface area (Å²) >= 11 is 0. The summed E-state index contributed by atoms with van der Waals surface area (Å²) in [7, 11) is 0. The molecule has 4 heterocycles. The van der Waals surface area contributed by atoms with E-state index in [-0.39, 0.29) is 23.8 Å². The Balaban J connectivity index is 1.42. The number of carbonyl (C=O) groups is 3. The topological polar surface area (TPSA) is 69.7 Å². The minimum Gasteiger partial charge on any atom is -0.324 e. The van der Waals surface area contributed by atoms with Crippen molar-refractivity contribution in [2.24, 2.45) is 11.8 Å². The van der Waals surface area contributed by atoms with Crippen LogP contribution in [-0.4, -0.2) is 35.2 Å². The number of nitrogens with one attached hydrogen (secondary N) is 1. The molecule has 1 spiro atoms. The lowest BCUT2D eigenvalue weighted by Crippen LogP contribution is -2.54. The van der Waals surface area contributed by atoms with E-state index in [0.29, 0.717) is 12.2 Å². The number of benzene rings is 3. The van der Waals surface area contributed by atoms with Gasteiger partial charge in [0.25, 0.3) is 0 Å². The summed E-state index contributed by atoms with van der Waals surface area (Å²) in [5.74, 6) is -1.85. The van der Waals surface area contributed by atoms with Crippen LogP contribution in [0.25, 0.3) is 10.8 Å². The summed E-state index contributed by atoms with van der Waals surface area (Å²) in [6, 6.07) is 17.5. The van der Waals surface area contributed by atoms with Crippen molar-refractivity contribution in [2.45, 2.75) is 38.3 Å². The Morgan fingerprint density at radius 3 is 2.56 bits per heavy atom. The Hall–Kier alpha value is -3.51. The average molecular weight is 452 g/mol. The number of fused-ring (bicyclic) bond motifs is 8. The van der Waals surface area contributed by atoms with Gasteiger partial charge in [0, 0.05) is 17.3 Å². The summed E-state index contributed by atoms with van der Waals surface area (Å²) in [4.78, 5) is 45.4. The molecule has 0 aliphatic carbocycles. The van der Waals surface area contributed by atoms with Gasteiger partial charge < -0.3 is 5.32 Å². The fraction of sp³-hybridized carbons (Fsp3) is 0.321. The first kappa shape index (κ1) is 19.9. The first-order valence-corrected chi connectivity index (χ1v) is 12.0. The zero-order valence-corrected chi connectivity index (χ0v) is 19.2. The largest absolute Gasteiger partial charge is 0.324 e. The highest BCUT2D eigenvalue weighted by Crippen LogP contribution is 2.61. The van der Waals surface area contributed by atoms with Crippen LogP contribution in [0.3, 0.4) is 0 Å². The molecule has 3 amide bonds. The zero-order valence-electron chi connectivity index (χ0n) is 19.2. The van der Waals surface area contributed by atoms with Crippen molar-refractivity contribution in [3.8, 4) is 0 Å². The number of carbonyl (C=O) groups excluding carboxylic acids is 3. The maximum absolute atomic E-state index is 14.1. The Labute approximate surface area is 197 Å². The molecular weight excluding hydrogens is 426 g/mol. The number of rotatable bonds is 1. The second-order valence-electron chi connectivity index (χ2n) is 10.1. The third-order valence-corrected chi connectivity index (χ3v) is 8.69. The number of aryl methyl sites for hydroxylation is 1. The summed E-state index contributed by atoms with van der Waals surface area (Å²) in [5, 5.41) is 5.15. The van der Waals surface area contributed by atoms with Gasteiger partial charge in [-0.15, -0.1) is 0 Å². The molecule has 170 valence electrons. The van der Waals surface area contributed by atoms with Gasteiger partial charge in [-0.2, -0.15) is 0 Å². The lowest BCUT2D eigenvalue weighted by Gasteiger charge is -2.36. The second-order valence-corrected chi connectivity index (χ2v) is 10.1. The molecule has 0 bridgehead atoms. The van der Waals surface area contributed by atoms with Gasteiger partial charge in [0.05, 0.1) is 17.5 Å². The number of hydrogen-bond acceptors (Lipinski definition) is 4. The molecule has 6 heteroatoms. The van der Waals surface area contributed by atoms with Crippen LogP contribution < -0.4 is 10.2 Å². The van der Waals surface area contributed by atoms with E-state index in [1.165, 1.54) is 4.90 Å². The van der Waals surface area contributed by atoms with E-state index in [1.54, 1.807) is 0 Å². The van der Waals surface area contributed by atoms with Crippen LogP contribution >= 0.6 is 0 Å². The Kier molecular flexibility index (Phi) is 3.83. The molecule has 4 atom stereocenters. The SMILES string of the molecule is Cc1ccc2c(c1C)NC(=O)[C@@]21[C@@H]2C(=O)N(c3ccc4ccccc4c3)C(=O)[C@@H]2[C@H]2CCCN21. The van der Waals surface area contributed by atoms with Crippen molar-refractivity contribution in [3.63, 3.8) is 0 Å². The van der Waals surface area contributed by atoms with Crippen LogP contribution in [0.15, 0.2) is 54.6 Å². The van der Waals surface area contributed by atoms with Gasteiger partial charge in [0.1, 0.15) is 5.54 Å². The van der Waals surface area contributed by atoms with E-state index in [2.05, 4.69) is 10.2 Å². The highest BCUT2D eigenvalue weighted by atomic mass is 16.2. The summed E-state index contributed by atoms with van der Waals surface area (Å²) in [5.41, 5.74) is 3.22. The molecule has 1 N–H and O–H groups in total. The van der Waals surface area contributed by atoms with Crippen molar-refractivity contribution >= 4 is 39.9 Å². The molecule has 0 saturated carbocycles. The predicted molar refractivity (Wildman–Crippen MR) is 129 cm³/mol. The molecule has 3 aromatic rings. The van der Waals surface area contributed by atoms with Gasteiger partial charge in [-0.25, -0.2) is 4.90 Å². The summed E-state index contributed by atoms with van der Waals surface area (Å²) < 4.78 is 0. The van der Waals surface area contributed by atoms with Crippen LogP contribution in [0.1, 0.15) is 29.5 Å². The Morgan fingerprint density at radius 2 is 1.74 bits per heavy atom. The molecule has 3 fully saturated rings. The fourth-order valence-electron chi connectivity index (χ4n) is 7.09. The predicted octanol–water partition coefficient (Wildman–Crippen LogP) is 3.89. The molecule has 0 aromatic heterocycles. The lowest BCUT2D eigenvalue weighted by atomic mass is 9.75. The Morgan fingerprint density at radius 1 is 0.941 bits per heavy atom. The van der Waals surface area contributed by atoms with Crippen LogP contribution in [0.4, 0.5) is 11.4 Å². The maximum atomic E-state index is 14.1. The average Bonchev–Trinajstić information content (AvgIpc) is 3.55. The highest BCUT2D eigenvalue weighted by Gasteiger charge is 2.74. The fourth-order valence-corrected chi connectivity index (χ4v) is 7.09. The molecule has 3 aromatic carbocycles. The second kappa shape index (κ2) is 6.54. The van der Waals surface area contributed by atoms with Crippen molar-refractivity contribution in [2.75, 3.05) is 16.8 Å². The Bertz CT molecular complexity index is 1450.